The second-order valence-electron chi connectivity index (χ2n) is 18.5. The van der Waals surface area contributed by atoms with Gasteiger partial charge in [-0.05, 0) is 96.3 Å². The van der Waals surface area contributed by atoms with Gasteiger partial charge in [0, 0.05) is 19.4 Å². The molecule has 0 heterocycles. The van der Waals surface area contributed by atoms with Crippen molar-refractivity contribution in [1.29, 1.82) is 0 Å². The molecule has 0 aromatic carbocycles. The molecule has 1 unspecified atom stereocenters. The fourth-order valence-electron chi connectivity index (χ4n) is 7.74. The number of unbranched alkanes of at least 4 members (excludes halogenated alkanes) is 26. The Labute approximate surface area is 409 Å². The number of carbonyl (C=O) groups excluding carboxylic acids is 2. The number of allylic oxidation sites excluding steroid dienone is 14. The van der Waals surface area contributed by atoms with Crippen LogP contribution in [0, 0.1) is 0 Å². The van der Waals surface area contributed by atoms with Gasteiger partial charge in [0.25, 0.3) is 0 Å². The van der Waals surface area contributed by atoms with Gasteiger partial charge in [-0.25, -0.2) is 0 Å². The number of carbonyl (C=O) groups is 2. The van der Waals surface area contributed by atoms with E-state index < -0.39 is 6.10 Å². The Hall–Kier alpha value is -2.92. The summed E-state index contributed by atoms with van der Waals surface area (Å²) in [5.41, 5.74) is 0. The Morgan fingerprint density at radius 1 is 0.348 bits per heavy atom. The van der Waals surface area contributed by atoms with E-state index in [2.05, 4.69) is 106 Å². The number of ether oxygens (including phenoxy) is 3. The summed E-state index contributed by atoms with van der Waals surface area (Å²) in [6.07, 6.45) is 74.5. The molecule has 0 spiro atoms. The first kappa shape index (κ1) is 63.1. The Bertz CT molecular complexity index is 1220. The molecular formula is C61H106O5. The van der Waals surface area contributed by atoms with E-state index >= 15 is 0 Å². The largest absolute Gasteiger partial charge is 0.462 e. The van der Waals surface area contributed by atoms with E-state index in [0.717, 1.165) is 96.3 Å². The van der Waals surface area contributed by atoms with Gasteiger partial charge in [-0.1, -0.05) is 241 Å². The molecule has 0 aromatic heterocycles. The van der Waals surface area contributed by atoms with Crippen molar-refractivity contribution < 1.29 is 23.8 Å². The molecular weight excluding hydrogens is 813 g/mol. The molecule has 0 saturated carbocycles. The average Bonchev–Trinajstić information content (AvgIpc) is 3.32. The highest BCUT2D eigenvalue weighted by atomic mass is 16.6. The highest BCUT2D eigenvalue weighted by molar-refractivity contribution is 5.70. The van der Waals surface area contributed by atoms with Crippen LogP contribution in [0.15, 0.2) is 85.1 Å². The van der Waals surface area contributed by atoms with Gasteiger partial charge in [0.1, 0.15) is 6.61 Å². The molecule has 1 atom stereocenters. The first-order chi connectivity index (χ1) is 32.6. The maximum atomic E-state index is 12.8. The predicted molar refractivity (Wildman–Crippen MR) is 288 cm³/mol. The molecule has 0 N–H and O–H groups in total. The summed E-state index contributed by atoms with van der Waals surface area (Å²) in [5.74, 6) is -0.422. The van der Waals surface area contributed by atoms with Gasteiger partial charge in [0.15, 0.2) is 6.10 Å². The Kier molecular flexibility index (Phi) is 53.9. The van der Waals surface area contributed by atoms with Crippen molar-refractivity contribution in [2.24, 2.45) is 0 Å². The van der Waals surface area contributed by atoms with E-state index in [1.54, 1.807) is 0 Å². The molecule has 66 heavy (non-hydrogen) atoms. The lowest BCUT2D eigenvalue weighted by Crippen LogP contribution is -2.30. The van der Waals surface area contributed by atoms with E-state index in [9.17, 15) is 9.59 Å². The van der Waals surface area contributed by atoms with Crippen LogP contribution in [0.1, 0.15) is 265 Å². The third-order valence-electron chi connectivity index (χ3n) is 11.9. The monoisotopic (exact) mass is 919 g/mol. The van der Waals surface area contributed by atoms with Crippen LogP contribution in [-0.2, 0) is 23.8 Å². The van der Waals surface area contributed by atoms with Crippen LogP contribution >= 0.6 is 0 Å². The van der Waals surface area contributed by atoms with Gasteiger partial charge >= 0.3 is 11.9 Å². The number of hydrogen-bond donors (Lipinski definition) is 0. The second-order valence-corrected chi connectivity index (χ2v) is 18.5. The number of rotatable bonds is 51. The topological polar surface area (TPSA) is 61.8 Å². The summed E-state index contributed by atoms with van der Waals surface area (Å²) in [4.78, 5) is 25.5. The van der Waals surface area contributed by atoms with E-state index in [1.807, 2.05) is 0 Å². The third kappa shape index (κ3) is 53.7. The molecule has 0 aromatic rings. The second kappa shape index (κ2) is 56.4. The predicted octanol–water partition coefficient (Wildman–Crippen LogP) is 19.2. The van der Waals surface area contributed by atoms with Crippen LogP contribution in [0.2, 0.25) is 0 Å². The zero-order chi connectivity index (χ0) is 47.7. The van der Waals surface area contributed by atoms with Crippen LogP contribution in [-0.4, -0.2) is 37.9 Å². The minimum Gasteiger partial charge on any atom is -0.462 e. The number of hydrogen-bond acceptors (Lipinski definition) is 5. The lowest BCUT2D eigenvalue weighted by Gasteiger charge is -2.18. The van der Waals surface area contributed by atoms with Gasteiger partial charge in [-0.2, -0.15) is 0 Å². The van der Waals surface area contributed by atoms with Crippen LogP contribution in [0.5, 0.6) is 0 Å². The van der Waals surface area contributed by atoms with Crippen molar-refractivity contribution in [2.45, 2.75) is 271 Å². The van der Waals surface area contributed by atoms with Crippen molar-refractivity contribution in [2.75, 3.05) is 19.8 Å². The third-order valence-corrected chi connectivity index (χ3v) is 11.9. The van der Waals surface area contributed by atoms with Crippen molar-refractivity contribution in [1.82, 2.24) is 0 Å². The fourth-order valence-corrected chi connectivity index (χ4v) is 7.74. The Balaban J connectivity index is 4.34. The summed E-state index contributed by atoms with van der Waals surface area (Å²) in [7, 11) is 0. The molecule has 0 aliphatic carbocycles. The first-order valence-corrected chi connectivity index (χ1v) is 28.1. The van der Waals surface area contributed by atoms with Gasteiger partial charge in [-0.3, -0.25) is 9.59 Å². The van der Waals surface area contributed by atoms with Gasteiger partial charge in [-0.15, -0.1) is 0 Å². The van der Waals surface area contributed by atoms with Crippen LogP contribution in [0.3, 0.4) is 0 Å². The van der Waals surface area contributed by atoms with E-state index in [4.69, 9.17) is 14.2 Å². The summed E-state index contributed by atoms with van der Waals surface area (Å²) in [5, 5.41) is 0. The highest BCUT2D eigenvalue weighted by Crippen LogP contribution is 2.15. The molecule has 0 saturated heterocycles. The molecule has 5 heteroatoms. The SMILES string of the molecule is CC/C=C\C/C=C\C/C=C\C/C=C\C/C=C\CCCCCCOCC(COC(=O)CCCCCCC/C=C\C/C=C\CCCCC)OC(=O)CCCCCCCCCCCCCCCCC. The highest BCUT2D eigenvalue weighted by Gasteiger charge is 2.17. The molecule has 0 fully saturated rings. The number of esters is 2. The van der Waals surface area contributed by atoms with Crippen molar-refractivity contribution in [3.8, 4) is 0 Å². The Morgan fingerprint density at radius 2 is 0.682 bits per heavy atom. The van der Waals surface area contributed by atoms with Crippen LogP contribution in [0.25, 0.3) is 0 Å². The zero-order valence-corrected chi connectivity index (χ0v) is 43.7. The zero-order valence-electron chi connectivity index (χ0n) is 43.7. The van der Waals surface area contributed by atoms with Crippen LogP contribution < -0.4 is 0 Å². The maximum absolute atomic E-state index is 12.8. The van der Waals surface area contributed by atoms with Crippen molar-refractivity contribution >= 4 is 11.9 Å². The average molecular weight is 920 g/mol. The lowest BCUT2D eigenvalue weighted by atomic mass is 10.0. The summed E-state index contributed by atoms with van der Waals surface area (Å²) in [6.45, 7) is 7.64. The summed E-state index contributed by atoms with van der Waals surface area (Å²) >= 11 is 0. The lowest BCUT2D eigenvalue weighted by molar-refractivity contribution is -0.163. The normalized spacial score (nSPS) is 12.8. The molecule has 5 nitrogen and oxygen atoms in total. The quantitative estimate of drug-likeness (QED) is 0.0346. The Morgan fingerprint density at radius 3 is 1.12 bits per heavy atom. The van der Waals surface area contributed by atoms with Gasteiger partial charge in [0.05, 0.1) is 6.61 Å². The summed E-state index contributed by atoms with van der Waals surface area (Å²) in [6, 6.07) is 0. The van der Waals surface area contributed by atoms with E-state index in [-0.39, 0.29) is 25.2 Å². The van der Waals surface area contributed by atoms with E-state index in [1.165, 1.54) is 135 Å². The summed E-state index contributed by atoms with van der Waals surface area (Å²) < 4.78 is 17.4. The molecule has 0 aliphatic rings. The fraction of sp³-hybridized carbons (Fsp3) is 0.738. The molecule has 0 amide bonds. The van der Waals surface area contributed by atoms with Crippen molar-refractivity contribution in [3.05, 3.63) is 85.1 Å². The van der Waals surface area contributed by atoms with E-state index in [0.29, 0.717) is 19.4 Å². The van der Waals surface area contributed by atoms with Crippen molar-refractivity contribution in [3.63, 3.8) is 0 Å². The standard InChI is InChI=1S/C61H106O5/c1-4-7-10-13-16-19-22-25-28-29-30-31-32-35-38-41-44-47-50-53-56-64-57-59(66-61(63)55-52-49-46-43-40-37-34-27-24-21-18-15-12-9-6-3)58-65-60(62)54-51-48-45-42-39-36-33-26-23-20-17-14-11-8-5-2/h7,10,16-17,19-20,25-26,28,30-31,33,35,38,59H,4-6,8-9,11-15,18,21-24,27,29,32,34,36-37,39-58H2,1-3H3/b10-7-,19-16-,20-17-,28-25-,31-30-,33-26-,38-35-. The van der Waals surface area contributed by atoms with Crippen LogP contribution in [0.4, 0.5) is 0 Å². The van der Waals surface area contributed by atoms with Gasteiger partial charge < -0.3 is 14.2 Å². The minimum absolute atomic E-state index is 0.0664. The minimum atomic E-state index is -0.558. The molecule has 0 radical (unpaired) electrons. The molecule has 0 bridgehead atoms. The molecule has 0 aliphatic heterocycles. The smallest absolute Gasteiger partial charge is 0.306 e. The molecule has 0 rings (SSSR count). The first-order valence-electron chi connectivity index (χ1n) is 28.1. The molecule has 380 valence electrons. The van der Waals surface area contributed by atoms with Gasteiger partial charge in [0.2, 0.25) is 0 Å². The maximum Gasteiger partial charge on any atom is 0.306 e.